The van der Waals surface area contributed by atoms with E-state index in [0.29, 0.717) is 17.3 Å². The van der Waals surface area contributed by atoms with Crippen LogP contribution in [0.4, 0.5) is 0 Å². The zero-order valence-corrected chi connectivity index (χ0v) is 18.4. The maximum Gasteiger partial charge on any atom is 0.230 e. The van der Waals surface area contributed by atoms with Crippen LogP contribution >= 0.6 is 0 Å². The Morgan fingerprint density at radius 3 is 2.33 bits per heavy atom. The Hall–Kier alpha value is -2.18. The molecule has 2 heterocycles. The van der Waals surface area contributed by atoms with Crippen LogP contribution in [0.5, 0.6) is 0 Å². The van der Waals surface area contributed by atoms with Crippen LogP contribution in [0.1, 0.15) is 37.3 Å². The lowest BCUT2D eigenvalue weighted by Gasteiger charge is -2.24. The normalized spacial score (nSPS) is 22.3. The van der Waals surface area contributed by atoms with E-state index in [9.17, 15) is 13.2 Å². The molecular weight excluding hydrogens is 396 g/mol. The molecule has 1 spiro atoms. The molecule has 5 nitrogen and oxygen atoms in total. The summed E-state index contributed by atoms with van der Waals surface area (Å²) in [6, 6.07) is 16.4. The minimum absolute atomic E-state index is 0.00459. The highest BCUT2D eigenvalue weighted by Crippen LogP contribution is 2.41. The number of sulfone groups is 1. The number of likely N-dealkylation sites (tertiary alicyclic amines) is 2. The first-order chi connectivity index (χ1) is 14.4. The molecule has 0 aromatic heterocycles. The summed E-state index contributed by atoms with van der Waals surface area (Å²) in [6.07, 6.45) is 2.83. The van der Waals surface area contributed by atoms with Gasteiger partial charge in [-0.25, -0.2) is 8.42 Å². The van der Waals surface area contributed by atoms with Crippen molar-refractivity contribution >= 4 is 15.7 Å². The van der Waals surface area contributed by atoms with Crippen molar-refractivity contribution in [2.24, 2.45) is 5.41 Å². The van der Waals surface area contributed by atoms with E-state index >= 15 is 0 Å². The molecule has 0 N–H and O–H groups in total. The smallest absolute Gasteiger partial charge is 0.230 e. The lowest BCUT2D eigenvalue weighted by Crippen LogP contribution is -2.37. The molecule has 0 radical (unpaired) electrons. The Kier molecular flexibility index (Phi) is 5.98. The second kappa shape index (κ2) is 8.52. The highest BCUT2D eigenvalue weighted by Gasteiger charge is 2.50. The Labute approximate surface area is 179 Å². The lowest BCUT2D eigenvalue weighted by molar-refractivity contribution is -0.135. The molecule has 160 valence electrons. The first kappa shape index (κ1) is 21.1. The van der Waals surface area contributed by atoms with E-state index in [1.807, 2.05) is 35.2 Å². The average Bonchev–Trinajstić information content (AvgIpc) is 3.29. The van der Waals surface area contributed by atoms with E-state index in [1.54, 1.807) is 24.3 Å². The number of carbonyl (C=O) groups is 1. The van der Waals surface area contributed by atoms with E-state index in [0.717, 1.165) is 56.6 Å². The molecule has 1 atom stereocenters. The van der Waals surface area contributed by atoms with Gasteiger partial charge in [-0.05, 0) is 49.1 Å². The third-order valence-corrected chi connectivity index (χ3v) is 8.17. The molecule has 0 bridgehead atoms. The molecule has 30 heavy (non-hydrogen) atoms. The fraction of sp³-hybridized carbons (Fsp3) is 0.458. The minimum atomic E-state index is -3.39. The van der Waals surface area contributed by atoms with Crippen molar-refractivity contribution < 1.29 is 13.2 Å². The summed E-state index contributed by atoms with van der Waals surface area (Å²) >= 11 is 0. The molecular formula is C24H30N2O3S. The van der Waals surface area contributed by atoms with Crippen LogP contribution in [-0.4, -0.2) is 50.3 Å². The molecule has 2 aromatic carbocycles. The SMILES string of the molecule is CCCN1CCC2(CCN(Cc3ccccc3CS(=O)(=O)c3ccccc3)C2)C1=O. The van der Waals surface area contributed by atoms with Gasteiger partial charge in [0, 0.05) is 26.2 Å². The van der Waals surface area contributed by atoms with Crippen molar-refractivity contribution in [3.63, 3.8) is 0 Å². The van der Waals surface area contributed by atoms with Crippen LogP contribution < -0.4 is 0 Å². The van der Waals surface area contributed by atoms with Gasteiger partial charge < -0.3 is 4.90 Å². The number of carbonyl (C=O) groups excluding carboxylic acids is 1. The summed E-state index contributed by atoms with van der Waals surface area (Å²) in [5.41, 5.74) is 1.64. The van der Waals surface area contributed by atoms with Gasteiger partial charge >= 0.3 is 0 Å². The number of hydrogen-bond donors (Lipinski definition) is 0. The first-order valence-corrected chi connectivity index (χ1v) is 12.5. The monoisotopic (exact) mass is 426 g/mol. The highest BCUT2D eigenvalue weighted by molar-refractivity contribution is 7.90. The molecule has 2 aliphatic heterocycles. The molecule has 2 saturated heterocycles. The average molecular weight is 427 g/mol. The summed E-state index contributed by atoms with van der Waals surface area (Å²) in [5, 5.41) is 0. The van der Waals surface area contributed by atoms with Gasteiger partial charge in [-0.3, -0.25) is 9.69 Å². The Morgan fingerprint density at radius 1 is 0.933 bits per heavy atom. The van der Waals surface area contributed by atoms with Gasteiger partial charge in [-0.15, -0.1) is 0 Å². The van der Waals surface area contributed by atoms with Crippen LogP contribution in [0.2, 0.25) is 0 Å². The largest absolute Gasteiger partial charge is 0.342 e. The van der Waals surface area contributed by atoms with Crippen LogP contribution in [-0.2, 0) is 26.9 Å². The minimum Gasteiger partial charge on any atom is -0.342 e. The summed E-state index contributed by atoms with van der Waals surface area (Å²) in [5.74, 6) is 0.307. The highest BCUT2D eigenvalue weighted by atomic mass is 32.2. The van der Waals surface area contributed by atoms with Crippen molar-refractivity contribution in [2.75, 3.05) is 26.2 Å². The van der Waals surface area contributed by atoms with Crippen LogP contribution in [0, 0.1) is 5.41 Å². The first-order valence-electron chi connectivity index (χ1n) is 10.8. The second-order valence-electron chi connectivity index (χ2n) is 8.62. The Morgan fingerprint density at radius 2 is 1.60 bits per heavy atom. The fourth-order valence-electron chi connectivity index (χ4n) is 4.86. The summed E-state index contributed by atoms with van der Waals surface area (Å²) in [6.45, 7) is 6.16. The van der Waals surface area contributed by atoms with Gasteiger partial charge in [0.25, 0.3) is 0 Å². The summed E-state index contributed by atoms with van der Waals surface area (Å²) in [7, 11) is -3.39. The third kappa shape index (κ3) is 4.16. The maximum atomic E-state index is 12.9. The lowest BCUT2D eigenvalue weighted by atomic mass is 9.85. The van der Waals surface area contributed by atoms with Crippen molar-refractivity contribution in [3.8, 4) is 0 Å². The predicted molar refractivity (Wildman–Crippen MR) is 118 cm³/mol. The van der Waals surface area contributed by atoms with Crippen LogP contribution in [0.15, 0.2) is 59.5 Å². The van der Waals surface area contributed by atoms with Gasteiger partial charge in [0.2, 0.25) is 5.91 Å². The molecule has 2 fully saturated rings. The molecule has 4 rings (SSSR count). The molecule has 2 aliphatic rings. The van der Waals surface area contributed by atoms with Crippen molar-refractivity contribution in [1.29, 1.82) is 0 Å². The van der Waals surface area contributed by atoms with Gasteiger partial charge in [-0.1, -0.05) is 49.4 Å². The van der Waals surface area contributed by atoms with E-state index in [2.05, 4.69) is 11.8 Å². The second-order valence-corrected chi connectivity index (χ2v) is 10.6. The molecule has 0 saturated carbocycles. The molecule has 2 aromatic rings. The van der Waals surface area contributed by atoms with Crippen molar-refractivity contribution in [1.82, 2.24) is 9.80 Å². The quantitative estimate of drug-likeness (QED) is 0.680. The predicted octanol–water partition coefficient (Wildman–Crippen LogP) is 3.49. The maximum absolute atomic E-state index is 12.9. The Bertz CT molecular complexity index is 1010. The number of rotatable bonds is 7. The van der Waals surface area contributed by atoms with Gasteiger partial charge in [0.05, 0.1) is 16.1 Å². The van der Waals surface area contributed by atoms with Crippen molar-refractivity contribution in [3.05, 3.63) is 65.7 Å². The van der Waals surface area contributed by atoms with Crippen LogP contribution in [0.25, 0.3) is 0 Å². The number of benzene rings is 2. The number of nitrogens with zero attached hydrogens (tertiary/aromatic N) is 2. The standard InChI is InChI=1S/C24H30N2O3S/c1-2-14-26-16-13-24(23(26)27)12-15-25(19-24)17-20-8-6-7-9-21(20)18-30(28,29)22-10-4-3-5-11-22/h3-11H,2,12-19H2,1H3. The van der Waals surface area contributed by atoms with E-state index in [-0.39, 0.29) is 11.2 Å². The summed E-state index contributed by atoms with van der Waals surface area (Å²) < 4.78 is 25.7. The van der Waals surface area contributed by atoms with Crippen LogP contribution in [0.3, 0.4) is 0 Å². The van der Waals surface area contributed by atoms with Crippen molar-refractivity contribution in [2.45, 2.75) is 43.4 Å². The fourth-order valence-corrected chi connectivity index (χ4v) is 6.29. The van der Waals surface area contributed by atoms with E-state index in [1.165, 1.54) is 0 Å². The van der Waals surface area contributed by atoms with E-state index in [4.69, 9.17) is 0 Å². The third-order valence-electron chi connectivity index (χ3n) is 6.49. The topological polar surface area (TPSA) is 57.7 Å². The number of hydrogen-bond acceptors (Lipinski definition) is 4. The van der Waals surface area contributed by atoms with Gasteiger partial charge in [0.15, 0.2) is 9.84 Å². The Balaban J connectivity index is 1.48. The molecule has 1 amide bonds. The van der Waals surface area contributed by atoms with Gasteiger partial charge in [-0.2, -0.15) is 0 Å². The zero-order chi connectivity index (χ0) is 21.2. The molecule has 0 aliphatic carbocycles. The zero-order valence-electron chi connectivity index (χ0n) is 17.6. The van der Waals surface area contributed by atoms with Gasteiger partial charge in [0.1, 0.15) is 0 Å². The van der Waals surface area contributed by atoms with E-state index < -0.39 is 9.84 Å². The number of amides is 1. The summed E-state index contributed by atoms with van der Waals surface area (Å²) in [4.78, 5) is 17.6. The molecule has 6 heteroatoms. The molecule has 1 unspecified atom stereocenters.